The molecule has 0 aromatic heterocycles. The average Bonchev–Trinajstić information content (AvgIpc) is 2.38. The van der Waals surface area contributed by atoms with Gasteiger partial charge >= 0.3 is 5.97 Å². The first-order chi connectivity index (χ1) is 9.01. The van der Waals surface area contributed by atoms with Gasteiger partial charge in [0.15, 0.2) is 0 Å². The predicted molar refractivity (Wildman–Crippen MR) is 71.6 cm³/mol. The van der Waals surface area contributed by atoms with Crippen molar-refractivity contribution >= 4 is 5.97 Å². The van der Waals surface area contributed by atoms with Crippen LogP contribution in [0.25, 0.3) is 0 Å². The van der Waals surface area contributed by atoms with Gasteiger partial charge in [-0.15, -0.1) is 0 Å². The van der Waals surface area contributed by atoms with E-state index in [1.54, 1.807) is 38.1 Å². The highest BCUT2D eigenvalue weighted by Crippen LogP contribution is 2.22. The van der Waals surface area contributed by atoms with E-state index in [4.69, 9.17) is 21.5 Å². The Bertz CT molecular complexity index is 523. The number of carbonyl (C=O) groups excluding carboxylic acids is 1. The summed E-state index contributed by atoms with van der Waals surface area (Å²) in [5, 5.41) is 8.74. The van der Waals surface area contributed by atoms with Gasteiger partial charge in [0, 0.05) is 5.70 Å². The third kappa shape index (κ3) is 3.57. The molecule has 0 aliphatic heterocycles. The quantitative estimate of drug-likeness (QED) is 0.627. The zero-order chi connectivity index (χ0) is 14.4. The van der Waals surface area contributed by atoms with Gasteiger partial charge in [0.05, 0.1) is 29.9 Å². The van der Waals surface area contributed by atoms with Gasteiger partial charge in [-0.3, -0.25) is 0 Å². The number of hydrogen-bond donors (Lipinski definition) is 2. The van der Waals surface area contributed by atoms with E-state index in [-0.39, 0.29) is 12.2 Å². The minimum atomic E-state index is -0.670. The summed E-state index contributed by atoms with van der Waals surface area (Å²) in [6.45, 7) is 3.58. The van der Waals surface area contributed by atoms with Crippen molar-refractivity contribution in [2.45, 2.75) is 19.9 Å². The molecule has 0 saturated heterocycles. The fourth-order valence-electron chi connectivity index (χ4n) is 1.67. The van der Waals surface area contributed by atoms with E-state index in [2.05, 4.69) is 0 Å². The van der Waals surface area contributed by atoms with Crippen molar-refractivity contribution < 1.29 is 9.53 Å². The second-order valence-corrected chi connectivity index (χ2v) is 4.03. The molecule has 1 aromatic carbocycles. The van der Waals surface area contributed by atoms with Crippen LogP contribution < -0.4 is 11.5 Å². The van der Waals surface area contributed by atoms with Crippen LogP contribution in [0.3, 0.4) is 0 Å². The van der Waals surface area contributed by atoms with E-state index >= 15 is 0 Å². The highest BCUT2D eigenvalue weighted by Gasteiger charge is 2.22. The molecule has 4 N–H and O–H groups in total. The lowest BCUT2D eigenvalue weighted by atomic mass is 9.97. The molecule has 0 bridgehead atoms. The van der Waals surface area contributed by atoms with Crippen LogP contribution in [-0.4, -0.2) is 12.6 Å². The maximum Gasteiger partial charge on any atom is 0.337 e. The van der Waals surface area contributed by atoms with Gasteiger partial charge in [-0.25, -0.2) is 4.79 Å². The zero-order valence-electron chi connectivity index (χ0n) is 11.0. The summed E-state index contributed by atoms with van der Waals surface area (Å²) < 4.78 is 4.94. The van der Waals surface area contributed by atoms with Crippen molar-refractivity contribution in [2.24, 2.45) is 11.5 Å². The topological polar surface area (TPSA) is 102 Å². The third-order valence-corrected chi connectivity index (χ3v) is 2.63. The minimum absolute atomic E-state index is 0.242. The molecular weight excluding hydrogens is 242 g/mol. The van der Waals surface area contributed by atoms with E-state index in [0.29, 0.717) is 16.8 Å². The Morgan fingerprint density at radius 3 is 2.42 bits per heavy atom. The molecule has 1 atom stereocenters. The highest BCUT2D eigenvalue weighted by atomic mass is 16.5. The Balaban J connectivity index is 3.07. The Morgan fingerprint density at radius 1 is 1.42 bits per heavy atom. The fourth-order valence-corrected chi connectivity index (χ4v) is 1.67. The van der Waals surface area contributed by atoms with Crippen molar-refractivity contribution in [1.82, 2.24) is 0 Å². The molecule has 0 heterocycles. The predicted octanol–water partition coefficient (Wildman–Crippen LogP) is 1.35. The van der Waals surface area contributed by atoms with Gasteiger partial charge in [-0.1, -0.05) is 12.1 Å². The Labute approximate surface area is 112 Å². The molecule has 0 unspecified atom stereocenters. The lowest BCUT2D eigenvalue weighted by Crippen LogP contribution is -2.24. The third-order valence-electron chi connectivity index (χ3n) is 2.63. The molecular formula is C14H17N3O2. The normalized spacial score (nSPS) is 13.2. The molecule has 0 fully saturated rings. The van der Waals surface area contributed by atoms with Crippen molar-refractivity contribution in [3.63, 3.8) is 0 Å². The second-order valence-electron chi connectivity index (χ2n) is 4.03. The number of nitrogens with zero attached hydrogens (tertiary/aromatic N) is 1. The Morgan fingerprint density at radius 2 is 2.00 bits per heavy atom. The van der Waals surface area contributed by atoms with Gasteiger partial charge in [0.1, 0.15) is 0 Å². The van der Waals surface area contributed by atoms with Gasteiger partial charge in [-0.05, 0) is 31.5 Å². The van der Waals surface area contributed by atoms with E-state index in [0.717, 1.165) is 0 Å². The molecule has 0 saturated carbocycles. The van der Waals surface area contributed by atoms with Crippen LogP contribution in [0.5, 0.6) is 0 Å². The number of carbonyl (C=O) groups is 1. The molecule has 0 aliphatic carbocycles. The zero-order valence-corrected chi connectivity index (χ0v) is 11.0. The summed E-state index contributed by atoms with van der Waals surface area (Å²) in [6.07, 6.45) is 0. The van der Waals surface area contributed by atoms with Gasteiger partial charge in [-0.2, -0.15) is 5.26 Å². The lowest BCUT2D eigenvalue weighted by Gasteiger charge is -2.16. The molecule has 19 heavy (non-hydrogen) atoms. The Kier molecular flexibility index (Phi) is 5.10. The van der Waals surface area contributed by atoms with E-state index in [9.17, 15) is 4.79 Å². The van der Waals surface area contributed by atoms with Crippen molar-refractivity contribution in [2.75, 3.05) is 6.61 Å². The SMILES string of the molecule is CCOC(=O)/C(=C(\C)N)[C@H](N)c1ccc(C#N)cc1. The van der Waals surface area contributed by atoms with Crippen molar-refractivity contribution in [1.29, 1.82) is 5.26 Å². The molecule has 0 amide bonds. The van der Waals surface area contributed by atoms with Crippen LogP contribution in [0, 0.1) is 11.3 Å². The van der Waals surface area contributed by atoms with E-state index in [1.807, 2.05) is 6.07 Å². The number of nitriles is 1. The maximum absolute atomic E-state index is 11.8. The summed E-state index contributed by atoms with van der Waals surface area (Å²) in [6, 6.07) is 8.03. The number of ether oxygens (including phenoxy) is 1. The second kappa shape index (κ2) is 6.57. The lowest BCUT2D eigenvalue weighted by molar-refractivity contribution is -0.138. The van der Waals surface area contributed by atoms with Crippen LogP contribution in [-0.2, 0) is 9.53 Å². The molecule has 0 aliphatic rings. The molecule has 1 aromatic rings. The molecule has 0 radical (unpaired) electrons. The maximum atomic E-state index is 11.8. The first-order valence-corrected chi connectivity index (χ1v) is 5.90. The van der Waals surface area contributed by atoms with Crippen molar-refractivity contribution in [3.05, 3.63) is 46.7 Å². The molecule has 5 nitrogen and oxygen atoms in total. The van der Waals surface area contributed by atoms with Crippen molar-refractivity contribution in [3.8, 4) is 6.07 Å². The summed E-state index contributed by atoms with van der Waals surface area (Å²) in [5.74, 6) is -0.514. The highest BCUT2D eigenvalue weighted by molar-refractivity contribution is 5.90. The molecule has 0 spiro atoms. The van der Waals surface area contributed by atoms with Gasteiger partial charge < -0.3 is 16.2 Å². The summed E-state index contributed by atoms with van der Waals surface area (Å²) in [7, 11) is 0. The van der Waals surface area contributed by atoms with Crippen LogP contribution in [0.2, 0.25) is 0 Å². The van der Waals surface area contributed by atoms with Crippen LogP contribution >= 0.6 is 0 Å². The fraction of sp³-hybridized carbons (Fsp3) is 0.286. The molecule has 100 valence electrons. The van der Waals surface area contributed by atoms with E-state index < -0.39 is 12.0 Å². The number of rotatable bonds is 4. The number of nitrogens with two attached hydrogens (primary N) is 2. The first kappa shape index (κ1) is 14.7. The van der Waals surface area contributed by atoms with Crippen LogP contribution in [0.15, 0.2) is 35.5 Å². The standard InChI is InChI=1S/C14H17N3O2/c1-3-19-14(18)12(9(2)16)13(17)11-6-4-10(8-15)5-7-11/h4-7,13H,3,16-17H2,1-2H3/b12-9+/t13-/m1/s1. The van der Waals surface area contributed by atoms with Gasteiger partial charge in [0.2, 0.25) is 0 Å². The average molecular weight is 259 g/mol. The first-order valence-electron chi connectivity index (χ1n) is 5.90. The number of benzene rings is 1. The monoisotopic (exact) mass is 259 g/mol. The van der Waals surface area contributed by atoms with Crippen LogP contribution in [0.1, 0.15) is 31.0 Å². The molecule has 5 heteroatoms. The molecule has 1 rings (SSSR count). The van der Waals surface area contributed by atoms with Crippen LogP contribution in [0.4, 0.5) is 0 Å². The summed E-state index contributed by atoms with van der Waals surface area (Å²) in [4.78, 5) is 11.8. The van der Waals surface area contributed by atoms with E-state index in [1.165, 1.54) is 0 Å². The minimum Gasteiger partial charge on any atom is -0.463 e. The summed E-state index contributed by atoms with van der Waals surface area (Å²) in [5.41, 5.74) is 13.6. The Hall–Kier alpha value is -2.32. The smallest absolute Gasteiger partial charge is 0.337 e. The number of allylic oxidation sites excluding steroid dienone is 1. The largest absolute Gasteiger partial charge is 0.463 e. The number of esters is 1. The summed E-state index contributed by atoms with van der Waals surface area (Å²) >= 11 is 0. The van der Waals surface area contributed by atoms with Gasteiger partial charge in [0.25, 0.3) is 0 Å². The number of hydrogen-bond acceptors (Lipinski definition) is 5.